The summed E-state index contributed by atoms with van der Waals surface area (Å²) in [5, 5.41) is 12.9. The highest BCUT2D eigenvalue weighted by atomic mass is 16.5. The lowest BCUT2D eigenvalue weighted by Crippen LogP contribution is -2.36. The summed E-state index contributed by atoms with van der Waals surface area (Å²) in [5.41, 5.74) is 1.10. The third-order valence-corrected chi connectivity index (χ3v) is 5.17. The predicted molar refractivity (Wildman–Crippen MR) is 94.2 cm³/mol. The van der Waals surface area contributed by atoms with Gasteiger partial charge in [0.05, 0.1) is 12.2 Å². The Morgan fingerprint density at radius 1 is 1.12 bits per heavy atom. The van der Waals surface area contributed by atoms with Crippen molar-refractivity contribution in [2.45, 2.75) is 45.6 Å². The van der Waals surface area contributed by atoms with Crippen molar-refractivity contribution >= 4 is 5.82 Å². The van der Waals surface area contributed by atoms with Gasteiger partial charge in [-0.2, -0.15) is 10.1 Å². The van der Waals surface area contributed by atoms with E-state index in [-0.39, 0.29) is 0 Å². The number of likely N-dealkylation sites (tertiary alicyclic amines) is 1. The molecule has 1 atom stereocenters. The topological polar surface area (TPSA) is 71.2 Å². The van der Waals surface area contributed by atoms with Gasteiger partial charge in [0.2, 0.25) is 5.89 Å². The molecule has 25 heavy (non-hydrogen) atoms. The normalized spacial score (nSPS) is 21.8. The molecular formula is C18H26N6O. The summed E-state index contributed by atoms with van der Waals surface area (Å²) in [6.45, 7) is 6.99. The van der Waals surface area contributed by atoms with Gasteiger partial charge in [-0.05, 0) is 56.7 Å². The molecule has 0 spiro atoms. The third-order valence-electron chi connectivity index (χ3n) is 5.17. The standard InChI is InChI=1S/C18H26N6O/c1-14-19-17(22-25-14)13-23-8-4-5-15(12-23)11-16-6-7-18(21-20-16)24-9-2-3-10-24/h6-7,15H,2-5,8-13H2,1H3/t15-/m1/s1. The second-order valence-electron chi connectivity index (χ2n) is 7.25. The monoisotopic (exact) mass is 342 g/mol. The first-order valence-electron chi connectivity index (χ1n) is 9.35. The van der Waals surface area contributed by atoms with Crippen LogP contribution in [0.15, 0.2) is 16.7 Å². The van der Waals surface area contributed by atoms with Crippen molar-refractivity contribution in [2.24, 2.45) is 5.92 Å². The third kappa shape index (κ3) is 4.15. The minimum atomic E-state index is 0.619. The highest BCUT2D eigenvalue weighted by Gasteiger charge is 2.22. The smallest absolute Gasteiger partial charge is 0.223 e. The fourth-order valence-electron chi connectivity index (χ4n) is 3.94. The van der Waals surface area contributed by atoms with Gasteiger partial charge in [-0.3, -0.25) is 4.90 Å². The second kappa shape index (κ2) is 7.47. The molecular weight excluding hydrogens is 316 g/mol. The van der Waals surface area contributed by atoms with E-state index >= 15 is 0 Å². The van der Waals surface area contributed by atoms with Crippen LogP contribution >= 0.6 is 0 Å². The molecule has 0 unspecified atom stereocenters. The second-order valence-corrected chi connectivity index (χ2v) is 7.25. The summed E-state index contributed by atoms with van der Waals surface area (Å²) in [4.78, 5) is 9.06. The summed E-state index contributed by atoms with van der Waals surface area (Å²) in [5.74, 6) is 3.07. The van der Waals surface area contributed by atoms with Crippen molar-refractivity contribution < 1.29 is 4.52 Å². The van der Waals surface area contributed by atoms with Crippen molar-refractivity contribution in [3.05, 3.63) is 29.5 Å². The van der Waals surface area contributed by atoms with E-state index in [1.54, 1.807) is 0 Å². The predicted octanol–water partition coefficient (Wildman–Crippen LogP) is 2.22. The van der Waals surface area contributed by atoms with Crippen molar-refractivity contribution in [1.82, 2.24) is 25.2 Å². The maximum atomic E-state index is 5.07. The molecule has 0 amide bonds. The van der Waals surface area contributed by atoms with Crippen molar-refractivity contribution in [2.75, 3.05) is 31.1 Å². The molecule has 2 aromatic heterocycles. The van der Waals surface area contributed by atoms with E-state index in [1.165, 1.54) is 25.7 Å². The first-order valence-corrected chi connectivity index (χ1v) is 9.35. The van der Waals surface area contributed by atoms with Gasteiger partial charge in [0.15, 0.2) is 11.6 Å². The van der Waals surface area contributed by atoms with Crippen LogP contribution in [0.5, 0.6) is 0 Å². The summed E-state index contributed by atoms with van der Waals surface area (Å²) >= 11 is 0. The van der Waals surface area contributed by atoms with Crippen molar-refractivity contribution in [3.63, 3.8) is 0 Å². The molecule has 2 aliphatic rings. The zero-order chi connectivity index (χ0) is 17.1. The van der Waals surface area contributed by atoms with Crippen LogP contribution in [0.1, 0.15) is 43.1 Å². The maximum absolute atomic E-state index is 5.07. The van der Waals surface area contributed by atoms with Crippen LogP contribution in [0, 0.1) is 12.8 Å². The molecule has 2 fully saturated rings. The fourth-order valence-corrected chi connectivity index (χ4v) is 3.94. The number of piperidine rings is 1. The number of anilines is 1. The van der Waals surface area contributed by atoms with E-state index in [0.717, 1.165) is 56.5 Å². The number of aryl methyl sites for hydroxylation is 1. The van der Waals surface area contributed by atoms with E-state index in [9.17, 15) is 0 Å². The maximum Gasteiger partial charge on any atom is 0.223 e. The highest BCUT2D eigenvalue weighted by Crippen LogP contribution is 2.22. The number of aromatic nitrogens is 4. The molecule has 0 N–H and O–H groups in total. The van der Waals surface area contributed by atoms with Gasteiger partial charge in [0.1, 0.15) is 0 Å². The van der Waals surface area contributed by atoms with Gasteiger partial charge in [-0.15, -0.1) is 5.10 Å². The molecule has 0 bridgehead atoms. The summed E-state index contributed by atoms with van der Waals surface area (Å²) < 4.78 is 5.07. The van der Waals surface area contributed by atoms with Gasteiger partial charge >= 0.3 is 0 Å². The van der Waals surface area contributed by atoms with Crippen LogP contribution in [-0.4, -0.2) is 51.4 Å². The largest absolute Gasteiger partial charge is 0.355 e. The van der Waals surface area contributed by atoms with Crippen LogP contribution in [0.3, 0.4) is 0 Å². The lowest BCUT2D eigenvalue weighted by Gasteiger charge is -2.31. The molecule has 2 aromatic rings. The molecule has 4 rings (SSSR count). The molecule has 0 saturated carbocycles. The Morgan fingerprint density at radius 3 is 2.72 bits per heavy atom. The molecule has 2 saturated heterocycles. The summed E-state index contributed by atoms with van der Waals surface area (Å²) in [6.07, 6.45) is 5.98. The molecule has 4 heterocycles. The minimum absolute atomic E-state index is 0.619. The first kappa shape index (κ1) is 16.4. The number of nitrogens with zero attached hydrogens (tertiary/aromatic N) is 6. The first-order chi connectivity index (χ1) is 12.3. The minimum Gasteiger partial charge on any atom is -0.355 e. The fraction of sp³-hybridized carbons (Fsp3) is 0.667. The highest BCUT2D eigenvalue weighted by molar-refractivity contribution is 5.38. The Hall–Kier alpha value is -2.02. The zero-order valence-corrected chi connectivity index (χ0v) is 14.9. The Kier molecular flexibility index (Phi) is 4.92. The average molecular weight is 342 g/mol. The van der Waals surface area contributed by atoms with Crippen LogP contribution in [0.2, 0.25) is 0 Å². The lowest BCUT2D eigenvalue weighted by molar-refractivity contribution is 0.161. The van der Waals surface area contributed by atoms with Crippen LogP contribution in [0.4, 0.5) is 5.82 Å². The molecule has 7 nitrogen and oxygen atoms in total. The molecule has 0 radical (unpaired) electrons. The van der Waals surface area contributed by atoms with Crippen molar-refractivity contribution in [3.8, 4) is 0 Å². The molecule has 0 aliphatic carbocycles. The Labute approximate surface area is 148 Å². The van der Waals surface area contributed by atoms with Gasteiger partial charge in [-0.25, -0.2) is 0 Å². The van der Waals surface area contributed by atoms with Crippen LogP contribution in [0.25, 0.3) is 0 Å². The van der Waals surface area contributed by atoms with Crippen molar-refractivity contribution in [1.29, 1.82) is 0 Å². The number of hydrogen-bond acceptors (Lipinski definition) is 7. The average Bonchev–Trinajstić information content (AvgIpc) is 3.28. The van der Waals surface area contributed by atoms with E-state index in [4.69, 9.17) is 4.52 Å². The van der Waals surface area contributed by atoms with E-state index in [0.29, 0.717) is 11.8 Å². The number of rotatable bonds is 5. The van der Waals surface area contributed by atoms with Gasteiger partial charge in [0, 0.05) is 26.6 Å². The zero-order valence-electron chi connectivity index (χ0n) is 14.9. The van der Waals surface area contributed by atoms with Gasteiger partial charge < -0.3 is 9.42 Å². The summed E-state index contributed by atoms with van der Waals surface area (Å²) in [7, 11) is 0. The Balaban J connectivity index is 1.32. The SMILES string of the molecule is Cc1nc(CN2CCC[C@H](Cc3ccc(N4CCCC4)nn3)C2)no1. The molecule has 7 heteroatoms. The Bertz CT molecular complexity index is 679. The summed E-state index contributed by atoms with van der Waals surface area (Å²) in [6, 6.07) is 4.29. The van der Waals surface area contributed by atoms with Crippen LogP contribution < -0.4 is 4.90 Å². The Morgan fingerprint density at radius 2 is 2.00 bits per heavy atom. The molecule has 0 aromatic carbocycles. The number of hydrogen-bond donors (Lipinski definition) is 0. The van der Waals surface area contributed by atoms with Gasteiger partial charge in [-0.1, -0.05) is 5.16 Å². The molecule has 134 valence electrons. The van der Waals surface area contributed by atoms with Gasteiger partial charge in [0.25, 0.3) is 0 Å². The van der Waals surface area contributed by atoms with E-state index in [1.807, 2.05) is 6.92 Å². The van der Waals surface area contributed by atoms with E-state index in [2.05, 4.69) is 42.3 Å². The quantitative estimate of drug-likeness (QED) is 0.825. The van der Waals surface area contributed by atoms with E-state index < -0.39 is 0 Å². The lowest BCUT2D eigenvalue weighted by atomic mass is 9.93. The van der Waals surface area contributed by atoms with Crippen LogP contribution in [-0.2, 0) is 13.0 Å². The molecule has 2 aliphatic heterocycles.